The molecule has 3 aromatic carbocycles. The molecule has 3 aliphatic rings. The second kappa shape index (κ2) is 7.86. The Morgan fingerprint density at radius 3 is 2.43 bits per heavy atom. The summed E-state index contributed by atoms with van der Waals surface area (Å²) in [6.07, 6.45) is 0.984. The molecule has 1 atom stereocenters. The van der Waals surface area contributed by atoms with Crippen LogP contribution in [0.3, 0.4) is 0 Å². The van der Waals surface area contributed by atoms with Gasteiger partial charge < -0.3 is 10.3 Å². The molecule has 180 valence electrons. The van der Waals surface area contributed by atoms with E-state index in [1.54, 1.807) is 0 Å². The van der Waals surface area contributed by atoms with E-state index in [9.17, 15) is 10.1 Å². The molecule has 37 heavy (non-hydrogen) atoms. The summed E-state index contributed by atoms with van der Waals surface area (Å²) in [5.74, 6) is 0.598. The van der Waals surface area contributed by atoms with Crippen LogP contribution < -0.4 is 5.32 Å². The normalized spacial score (nSPS) is 23.3. The molecule has 2 bridgehead atoms. The number of nitrogens with zero attached hydrogens (tertiary/aromatic N) is 3. The summed E-state index contributed by atoms with van der Waals surface area (Å²) in [6, 6.07) is 26.7. The summed E-state index contributed by atoms with van der Waals surface area (Å²) in [5, 5.41) is 16.2. The molecule has 0 fully saturated rings. The SMILES string of the molecule is CC1(C(=O)Nc2nc(Cc3nc4ccccc4[nH]3)cs2)CC2(C#N)c3ccccc3C1c1ccccc12. The number of H-pyrrole nitrogens is 1. The monoisotopic (exact) mass is 501 g/mol. The number of hydrogen-bond donors (Lipinski definition) is 2. The molecule has 0 saturated carbocycles. The fraction of sp³-hybridized carbons (Fsp3) is 0.200. The number of benzene rings is 3. The smallest absolute Gasteiger partial charge is 0.233 e. The molecule has 0 saturated heterocycles. The van der Waals surface area contributed by atoms with E-state index in [0.717, 1.165) is 44.8 Å². The number of para-hydroxylation sites is 2. The van der Waals surface area contributed by atoms with E-state index in [4.69, 9.17) is 4.98 Å². The van der Waals surface area contributed by atoms with Gasteiger partial charge in [-0.15, -0.1) is 11.3 Å². The van der Waals surface area contributed by atoms with Crippen LogP contribution in [0.2, 0.25) is 0 Å². The van der Waals surface area contributed by atoms with E-state index >= 15 is 0 Å². The zero-order valence-electron chi connectivity index (χ0n) is 20.2. The van der Waals surface area contributed by atoms with Crippen molar-refractivity contribution < 1.29 is 4.79 Å². The van der Waals surface area contributed by atoms with Crippen molar-refractivity contribution in [3.8, 4) is 6.07 Å². The van der Waals surface area contributed by atoms with Gasteiger partial charge in [-0.2, -0.15) is 5.26 Å². The Morgan fingerprint density at radius 2 is 1.73 bits per heavy atom. The lowest BCUT2D eigenvalue weighted by Crippen LogP contribution is -2.53. The Labute approximate surface area is 218 Å². The second-order valence-corrected chi connectivity index (χ2v) is 11.1. The standard InChI is InChI=1S/C30H23N5OS/c1-29(16-30(17-31)21-10-4-2-8-19(21)26(29)20-9-3-5-11-22(20)30)27(36)35-28-32-18(15-37-28)14-25-33-23-12-6-7-13-24(23)34-25/h2-13,15,26H,14,16H2,1H3,(H,33,34)(H,32,35,36). The molecule has 2 N–H and O–H groups in total. The fourth-order valence-electron chi connectivity index (χ4n) is 6.43. The highest BCUT2D eigenvalue weighted by Gasteiger charge is 2.61. The minimum atomic E-state index is -0.858. The van der Waals surface area contributed by atoms with Crippen LogP contribution in [0, 0.1) is 16.7 Å². The van der Waals surface area contributed by atoms with Gasteiger partial charge in [0.05, 0.1) is 28.2 Å². The molecule has 3 aliphatic carbocycles. The highest BCUT2D eigenvalue weighted by atomic mass is 32.1. The molecule has 0 aliphatic heterocycles. The first-order valence-corrected chi connectivity index (χ1v) is 13.2. The molecule has 0 spiro atoms. The minimum absolute atomic E-state index is 0.106. The Hall–Kier alpha value is -4.28. The van der Waals surface area contributed by atoms with Crippen molar-refractivity contribution in [2.24, 2.45) is 5.41 Å². The first kappa shape index (κ1) is 22.0. The van der Waals surface area contributed by atoms with E-state index in [0.29, 0.717) is 18.0 Å². The quantitative estimate of drug-likeness (QED) is 0.320. The van der Waals surface area contributed by atoms with Crippen molar-refractivity contribution in [2.45, 2.75) is 31.1 Å². The van der Waals surface area contributed by atoms with E-state index < -0.39 is 10.8 Å². The molecule has 2 heterocycles. The van der Waals surface area contributed by atoms with Crippen LogP contribution in [-0.4, -0.2) is 20.9 Å². The number of carbonyl (C=O) groups excluding carboxylic acids is 1. The van der Waals surface area contributed by atoms with Crippen LogP contribution >= 0.6 is 11.3 Å². The summed E-state index contributed by atoms with van der Waals surface area (Å²) in [5.41, 5.74) is 5.28. The number of carbonyl (C=O) groups is 1. The van der Waals surface area contributed by atoms with Crippen LogP contribution in [0.4, 0.5) is 5.13 Å². The highest BCUT2D eigenvalue weighted by Crippen LogP contribution is 2.63. The number of imidazole rings is 1. The Morgan fingerprint density at radius 1 is 1.05 bits per heavy atom. The van der Waals surface area contributed by atoms with Gasteiger partial charge >= 0.3 is 0 Å². The lowest BCUT2D eigenvalue weighted by Gasteiger charge is -2.54. The van der Waals surface area contributed by atoms with Crippen molar-refractivity contribution in [3.05, 3.63) is 112 Å². The topological polar surface area (TPSA) is 94.5 Å². The molecule has 1 unspecified atom stereocenters. The maximum atomic E-state index is 14.0. The van der Waals surface area contributed by atoms with Gasteiger partial charge in [-0.3, -0.25) is 4.79 Å². The largest absolute Gasteiger partial charge is 0.342 e. The number of aromatic amines is 1. The average Bonchev–Trinajstić information content (AvgIpc) is 3.54. The number of nitrogens with one attached hydrogen (secondary N) is 2. The predicted octanol–water partition coefficient (Wildman–Crippen LogP) is 5.91. The van der Waals surface area contributed by atoms with Crippen molar-refractivity contribution >= 4 is 33.4 Å². The molecule has 8 rings (SSSR count). The highest BCUT2D eigenvalue weighted by molar-refractivity contribution is 7.13. The number of thiazole rings is 1. The first-order valence-electron chi connectivity index (χ1n) is 12.3. The van der Waals surface area contributed by atoms with Crippen LogP contribution in [0.5, 0.6) is 0 Å². The van der Waals surface area contributed by atoms with Crippen LogP contribution in [0.15, 0.2) is 78.2 Å². The number of anilines is 1. The van der Waals surface area contributed by atoms with E-state index in [1.807, 2.05) is 73.0 Å². The van der Waals surface area contributed by atoms with Crippen LogP contribution in [0.25, 0.3) is 11.0 Å². The Balaban J connectivity index is 1.21. The summed E-state index contributed by atoms with van der Waals surface area (Å²) < 4.78 is 0. The maximum Gasteiger partial charge on any atom is 0.233 e. The summed E-state index contributed by atoms with van der Waals surface area (Å²) in [4.78, 5) is 26.6. The van der Waals surface area contributed by atoms with Crippen molar-refractivity contribution in [1.82, 2.24) is 15.0 Å². The molecule has 7 heteroatoms. The van der Waals surface area contributed by atoms with E-state index in [2.05, 4.69) is 33.5 Å². The van der Waals surface area contributed by atoms with Crippen LogP contribution in [0.1, 0.15) is 53.0 Å². The molecule has 1 amide bonds. The van der Waals surface area contributed by atoms with Gasteiger partial charge in [0, 0.05) is 17.7 Å². The molecular weight excluding hydrogens is 478 g/mol. The van der Waals surface area contributed by atoms with Gasteiger partial charge in [-0.05, 0) is 47.7 Å². The molecule has 2 aromatic heterocycles. The number of amides is 1. The summed E-state index contributed by atoms with van der Waals surface area (Å²) in [6.45, 7) is 1.99. The predicted molar refractivity (Wildman–Crippen MR) is 143 cm³/mol. The van der Waals surface area contributed by atoms with Gasteiger partial charge in [0.1, 0.15) is 11.2 Å². The zero-order valence-corrected chi connectivity index (χ0v) is 21.0. The number of nitriles is 1. The molecule has 5 aromatic rings. The Kier molecular flexibility index (Phi) is 4.66. The number of hydrogen-bond acceptors (Lipinski definition) is 5. The van der Waals surface area contributed by atoms with Crippen LogP contribution in [-0.2, 0) is 16.6 Å². The fourth-order valence-corrected chi connectivity index (χ4v) is 7.14. The first-order chi connectivity index (χ1) is 18.0. The minimum Gasteiger partial charge on any atom is -0.342 e. The van der Waals surface area contributed by atoms with Crippen molar-refractivity contribution in [1.29, 1.82) is 5.26 Å². The molecule has 0 radical (unpaired) electrons. The molecule has 6 nitrogen and oxygen atoms in total. The lowest BCUT2D eigenvalue weighted by molar-refractivity contribution is -0.127. The third-order valence-corrected chi connectivity index (χ3v) is 8.81. The Bertz CT molecular complexity index is 1660. The number of aromatic nitrogens is 3. The van der Waals surface area contributed by atoms with Crippen molar-refractivity contribution in [3.63, 3.8) is 0 Å². The summed E-state index contributed by atoms with van der Waals surface area (Å²) >= 11 is 1.41. The van der Waals surface area contributed by atoms with E-state index in [-0.39, 0.29) is 11.8 Å². The van der Waals surface area contributed by atoms with Gasteiger partial charge in [0.25, 0.3) is 0 Å². The van der Waals surface area contributed by atoms with Gasteiger partial charge in [0.15, 0.2) is 5.13 Å². The van der Waals surface area contributed by atoms with E-state index in [1.165, 1.54) is 11.3 Å². The third-order valence-electron chi connectivity index (χ3n) is 8.00. The lowest BCUT2D eigenvalue weighted by atomic mass is 9.47. The maximum absolute atomic E-state index is 14.0. The zero-order chi connectivity index (χ0) is 25.2. The molecular formula is C30H23N5OS. The van der Waals surface area contributed by atoms with Gasteiger partial charge in [-0.25, -0.2) is 9.97 Å². The second-order valence-electron chi connectivity index (χ2n) is 10.2. The number of rotatable bonds is 4. The summed E-state index contributed by atoms with van der Waals surface area (Å²) in [7, 11) is 0. The third kappa shape index (κ3) is 3.12. The van der Waals surface area contributed by atoms with Crippen molar-refractivity contribution in [2.75, 3.05) is 5.32 Å². The number of fused-ring (bicyclic) bond motifs is 2. The average molecular weight is 502 g/mol. The van der Waals surface area contributed by atoms with Gasteiger partial charge in [-0.1, -0.05) is 60.7 Å². The van der Waals surface area contributed by atoms with Gasteiger partial charge in [0.2, 0.25) is 5.91 Å².